The van der Waals surface area contributed by atoms with Gasteiger partial charge < -0.3 is 4.57 Å². The molecular formula is C10H18N2. The van der Waals surface area contributed by atoms with Crippen molar-refractivity contribution in [2.24, 2.45) is 7.05 Å². The molecule has 12 heavy (non-hydrogen) atoms. The van der Waals surface area contributed by atoms with Crippen molar-refractivity contribution in [1.29, 1.82) is 0 Å². The van der Waals surface area contributed by atoms with E-state index in [2.05, 4.69) is 44.3 Å². The molecule has 2 nitrogen and oxygen atoms in total. The van der Waals surface area contributed by atoms with Gasteiger partial charge in [0.05, 0.1) is 12.0 Å². The Morgan fingerprint density at radius 1 is 1.42 bits per heavy atom. The predicted octanol–water partition coefficient (Wildman–Crippen LogP) is 2.28. The molecule has 1 aromatic rings. The van der Waals surface area contributed by atoms with Crippen LogP contribution in [0.4, 0.5) is 0 Å². The Labute approximate surface area is 74.6 Å². The topological polar surface area (TPSA) is 17.8 Å². The van der Waals surface area contributed by atoms with E-state index in [1.54, 1.807) is 0 Å². The van der Waals surface area contributed by atoms with Crippen molar-refractivity contribution >= 4 is 0 Å². The highest BCUT2D eigenvalue weighted by Crippen LogP contribution is 2.23. The van der Waals surface area contributed by atoms with Gasteiger partial charge in [-0.2, -0.15) is 0 Å². The summed E-state index contributed by atoms with van der Waals surface area (Å²) in [5.41, 5.74) is 2.75. The third kappa shape index (κ3) is 1.52. The summed E-state index contributed by atoms with van der Waals surface area (Å²) in [7, 11) is 2.06. The van der Waals surface area contributed by atoms with E-state index in [-0.39, 0.29) is 5.41 Å². The van der Waals surface area contributed by atoms with Crippen LogP contribution in [-0.2, 0) is 18.9 Å². The van der Waals surface area contributed by atoms with E-state index in [9.17, 15) is 0 Å². The summed E-state index contributed by atoms with van der Waals surface area (Å²) in [4.78, 5) is 4.42. The van der Waals surface area contributed by atoms with Gasteiger partial charge >= 0.3 is 0 Å². The Hall–Kier alpha value is -0.790. The van der Waals surface area contributed by atoms with E-state index < -0.39 is 0 Å². The van der Waals surface area contributed by atoms with Crippen molar-refractivity contribution in [2.75, 3.05) is 0 Å². The zero-order valence-electron chi connectivity index (χ0n) is 8.68. The van der Waals surface area contributed by atoms with Crippen LogP contribution in [0.25, 0.3) is 0 Å². The van der Waals surface area contributed by atoms with Gasteiger partial charge in [0.25, 0.3) is 0 Å². The van der Waals surface area contributed by atoms with E-state index >= 15 is 0 Å². The molecule has 0 saturated carbocycles. The van der Waals surface area contributed by atoms with E-state index in [0.717, 1.165) is 6.42 Å². The Morgan fingerprint density at radius 3 is 2.33 bits per heavy atom. The molecule has 1 heterocycles. The van der Waals surface area contributed by atoms with Crippen LogP contribution in [0, 0.1) is 0 Å². The molecule has 2 heteroatoms. The summed E-state index contributed by atoms with van der Waals surface area (Å²) in [5, 5.41) is 0. The van der Waals surface area contributed by atoms with E-state index in [0.29, 0.717) is 0 Å². The van der Waals surface area contributed by atoms with Crippen LogP contribution in [0.15, 0.2) is 6.33 Å². The lowest BCUT2D eigenvalue weighted by atomic mass is 9.90. The molecule has 0 aromatic carbocycles. The lowest BCUT2D eigenvalue weighted by Gasteiger charge is -2.17. The van der Waals surface area contributed by atoms with Gasteiger partial charge in [-0.3, -0.25) is 0 Å². The lowest BCUT2D eigenvalue weighted by molar-refractivity contribution is 0.562. The number of imidazole rings is 1. The minimum atomic E-state index is 0.173. The Morgan fingerprint density at radius 2 is 2.00 bits per heavy atom. The molecule has 0 unspecified atom stereocenters. The van der Waals surface area contributed by atoms with E-state index in [1.807, 2.05) is 6.33 Å². The summed E-state index contributed by atoms with van der Waals surface area (Å²) >= 11 is 0. The summed E-state index contributed by atoms with van der Waals surface area (Å²) < 4.78 is 2.11. The maximum Gasteiger partial charge on any atom is 0.0949 e. The highest BCUT2D eigenvalue weighted by molar-refractivity contribution is 5.20. The maximum absolute atomic E-state index is 4.42. The second-order valence-corrected chi connectivity index (χ2v) is 4.25. The van der Waals surface area contributed by atoms with E-state index in [1.165, 1.54) is 11.4 Å². The molecule has 0 bridgehead atoms. The van der Waals surface area contributed by atoms with Gasteiger partial charge in [-0.25, -0.2) is 4.98 Å². The van der Waals surface area contributed by atoms with E-state index in [4.69, 9.17) is 0 Å². The van der Waals surface area contributed by atoms with Gasteiger partial charge in [-0.05, 0) is 6.42 Å². The van der Waals surface area contributed by atoms with Crippen molar-refractivity contribution in [1.82, 2.24) is 9.55 Å². The molecule has 0 radical (unpaired) electrons. The minimum absolute atomic E-state index is 0.173. The largest absolute Gasteiger partial charge is 0.337 e. The van der Waals surface area contributed by atoms with Crippen LogP contribution >= 0.6 is 0 Å². The van der Waals surface area contributed by atoms with Gasteiger partial charge in [0.15, 0.2) is 0 Å². The molecule has 0 saturated heterocycles. The second kappa shape index (κ2) is 2.92. The van der Waals surface area contributed by atoms with Gasteiger partial charge in [0.1, 0.15) is 0 Å². The Balaban J connectivity index is 3.16. The lowest BCUT2D eigenvalue weighted by Crippen LogP contribution is -2.15. The minimum Gasteiger partial charge on any atom is -0.337 e. The van der Waals surface area contributed by atoms with Gasteiger partial charge in [0.2, 0.25) is 0 Å². The molecule has 0 N–H and O–H groups in total. The molecule has 0 aliphatic carbocycles. The number of nitrogens with zero attached hydrogens (tertiary/aromatic N) is 2. The molecule has 0 atom stereocenters. The van der Waals surface area contributed by atoms with Crippen LogP contribution < -0.4 is 0 Å². The first-order valence-electron chi connectivity index (χ1n) is 4.47. The molecular weight excluding hydrogens is 148 g/mol. The molecule has 0 spiro atoms. The first-order valence-corrected chi connectivity index (χ1v) is 4.47. The van der Waals surface area contributed by atoms with Gasteiger partial charge in [-0.15, -0.1) is 0 Å². The van der Waals surface area contributed by atoms with Crippen molar-refractivity contribution in [2.45, 2.75) is 39.5 Å². The molecule has 0 amide bonds. The molecule has 1 rings (SSSR count). The van der Waals surface area contributed by atoms with Crippen molar-refractivity contribution in [3.63, 3.8) is 0 Å². The quantitative estimate of drug-likeness (QED) is 0.626. The Kier molecular flexibility index (Phi) is 2.27. The number of aromatic nitrogens is 2. The molecule has 0 fully saturated rings. The van der Waals surface area contributed by atoms with Crippen LogP contribution in [0.5, 0.6) is 0 Å². The van der Waals surface area contributed by atoms with Crippen molar-refractivity contribution in [3.05, 3.63) is 17.7 Å². The summed E-state index contributed by atoms with van der Waals surface area (Å²) in [6.45, 7) is 8.78. The van der Waals surface area contributed by atoms with Crippen LogP contribution in [0.3, 0.4) is 0 Å². The third-order valence-corrected chi connectivity index (χ3v) is 2.10. The number of hydrogen-bond acceptors (Lipinski definition) is 1. The highest BCUT2D eigenvalue weighted by atomic mass is 15.0. The average molecular weight is 166 g/mol. The second-order valence-electron chi connectivity index (χ2n) is 4.25. The number of hydrogen-bond donors (Lipinski definition) is 0. The number of rotatable bonds is 1. The maximum atomic E-state index is 4.42. The van der Waals surface area contributed by atoms with Gasteiger partial charge in [-0.1, -0.05) is 27.7 Å². The molecule has 0 aliphatic heterocycles. The standard InChI is InChI=1S/C10H18N2/c1-6-8-9(10(2,3)4)11-7-12(8)5/h7H,6H2,1-5H3. The first kappa shape index (κ1) is 9.30. The fraction of sp³-hybridized carbons (Fsp3) is 0.700. The highest BCUT2D eigenvalue weighted by Gasteiger charge is 2.20. The molecule has 0 aliphatic rings. The van der Waals surface area contributed by atoms with Crippen LogP contribution in [0.2, 0.25) is 0 Å². The van der Waals surface area contributed by atoms with Gasteiger partial charge in [0, 0.05) is 18.2 Å². The zero-order chi connectivity index (χ0) is 9.35. The smallest absolute Gasteiger partial charge is 0.0949 e. The molecule has 1 aromatic heterocycles. The Bertz CT molecular complexity index is 266. The SMILES string of the molecule is CCc1c(C(C)(C)C)ncn1C. The zero-order valence-corrected chi connectivity index (χ0v) is 8.68. The summed E-state index contributed by atoms with van der Waals surface area (Å²) in [6.07, 6.45) is 2.96. The average Bonchev–Trinajstić information content (AvgIpc) is 2.29. The normalized spacial score (nSPS) is 12.1. The first-order chi connectivity index (χ1) is 5.46. The van der Waals surface area contributed by atoms with Crippen LogP contribution in [-0.4, -0.2) is 9.55 Å². The number of aryl methyl sites for hydroxylation is 1. The third-order valence-electron chi connectivity index (χ3n) is 2.10. The fourth-order valence-electron chi connectivity index (χ4n) is 1.50. The van der Waals surface area contributed by atoms with Crippen molar-refractivity contribution in [3.8, 4) is 0 Å². The summed E-state index contributed by atoms with van der Waals surface area (Å²) in [6, 6.07) is 0. The fourth-order valence-corrected chi connectivity index (χ4v) is 1.50. The van der Waals surface area contributed by atoms with Crippen LogP contribution in [0.1, 0.15) is 39.1 Å². The predicted molar refractivity (Wildman–Crippen MR) is 51.3 cm³/mol. The van der Waals surface area contributed by atoms with Crippen molar-refractivity contribution < 1.29 is 0 Å². The monoisotopic (exact) mass is 166 g/mol. The molecule has 68 valence electrons. The summed E-state index contributed by atoms with van der Waals surface area (Å²) in [5.74, 6) is 0.